The molecule has 0 aromatic rings. The summed E-state index contributed by atoms with van der Waals surface area (Å²) in [4.78, 5) is 18.9. The Morgan fingerprint density at radius 3 is 1.79 bits per heavy atom. The molecule has 15 heteroatoms. The summed E-state index contributed by atoms with van der Waals surface area (Å²) in [7, 11) is -1.35. The van der Waals surface area contributed by atoms with Crippen LogP contribution in [0.15, 0.2) is 0 Å². The van der Waals surface area contributed by atoms with E-state index >= 15 is 0 Å². The quantitative estimate of drug-likeness (QED) is 0.103. The third kappa shape index (κ3) is 15.1. The molecule has 3 N–H and O–H groups in total. The minimum absolute atomic E-state index is 0.0733. The first-order chi connectivity index (χ1) is 16.1. The molecule has 204 valence electrons. The van der Waals surface area contributed by atoms with Crippen molar-refractivity contribution in [2.75, 3.05) is 45.6 Å². The van der Waals surface area contributed by atoms with Crippen LogP contribution in [0.5, 0.6) is 0 Å². The van der Waals surface area contributed by atoms with Gasteiger partial charge in [0.15, 0.2) is 18.7 Å². The number of aliphatic hydroxyl groups is 1. The molecule has 1 heterocycles. The smallest absolute Gasteiger partial charge is 0.385 e. The summed E-state index contributed by atoms with van der Waals surface area (Å²) in [6, 6.07) is 0. The number of hydrogen-bond donors (Lipinski definition) is 3. The first-order valence-electron chi connectivity index (χ1n) is 11.3. The Morgan fingerprint density at radius 1 is 0.794 bits per heavy atom. The molecule has 0 amide bonds. The molecule has 0 radical (unpaired) electrons. The molecule has 0 bridgehead atoms. The van der Waals surface area contributed by atoms with E-state index in [4.69, 9.17) is 32.7 Å². The van der Waals surface area contributed by atoms with E-state index in [2.05, 4.69) is 0 Å². The van der Waals surface area contributed by atoms with Crippen LogP contribution in [-0.2, 0) is 36.9 Å². The van der Waals surface area contributed by atoms with Gasteiger partial charge in [-0.15, -0.1) is 0 Å². The van der Waals surface area contributed by atoms with Crippen molar-refractivity contribution in [1.29, 1.82) is 0 Å². The van der Waals surface area contributed by atoms with Gasteiger partial charge in [-0.05, 0) is 25.7 Å². The lowest BCUT2D eigenvalue weighted by Gasteiger charge is -2.21. The maximum atomic E-state index is 12.2. The molecule has 0 saturated carbocycles. The molecule has 0 aromatic carbocycles. The van der Waals surface area contributed by atoms with E-state index in [0.29, 0.717) is 13.0 Å². The lowest BCUT2D eigenvalue weighted by atomic mass is 10.2. The highest BCUT2D eigenvalue weighted by Gasteiger charge is 2.48. The van der Waals surface area contributed by atoms with E-state index in [9.17, 15) is 19.1 Å². The van der Waals surface area contributed by atoms with Crippen LogP contribution in [0, 0.1) is 0 Å². The Bertz CT molecular complexity index is 623. The van der Waals surface area contributed by atoms with Crippen molar-refractivity contribution >= 4 is 37.0 Å². The van der Waals surface area contributed by atoms with Gasteiger partial charge in [-0.2, -0.15) is 0 Å². The molecule has 1 rings (SSSR count). The minimum Gasteiger partial charge on any atom is -0.385 e. The first-order valence-corrected chi connectivity index (χ1v) is 17.3. The molecule has 6 atom stereocenters. The first kappa shape index (κ1) is 32.8. The lowest BCUT2D eigenvalue weighted by molar-refractivity contribution is -0.204. The fraction of sp³-hybridized carbons (Fsp3) is 1.00. The van der Waals surface area contributed by atoms with E-state index in [1.54, 1.807) is 0 Å². The van der Waals surface area contributed by atoms with E-state index in [0.717, 1.165) is 56.5 Å². The fourth-order valence-electron chi connectivity index (χ4n) is 3.05. The van der Waals surface area contributed by atoms with E-state index in [1.165, 1.54) is 20.9 Å². The van der Waals surface area contributed by atoms with Gasteiger partial charge in [-0.25, -0.2) is 4.57 Å². The van der Waals surface area contributed by atoms with Gasteiger partial charge in [0.2, 0.25) is 0 Å². The third-order valence-electron chi connectivity index (χ3n) is 4.78. The Labute approximate surface area is 210 Å². The van der Waals surface area contributed by atoms with Gasteiger partial charge in [0, 0.05) is 32.4 Å². The average Bonchev–Trinajstić information content (AvgIpc) is 3.06. The molecule has 0 aliphatic carbocycles. The van der Waals surface area contributed by atoms with Crippen molar-refractivity contribution in [2.45, 2.75) is 76.2 Å². The van der Waals surface area contributed by atoms with Crippen molar-refractivity contribution in [3.8, 4) is 0 Å². The zero-order chi connectivity index (χ0) is 25.5. The van der Waals surface area contributed by atoms with Gasteiger partial charge in [0.1, 0.15) is 6.10 Å². The van der Waals surface area contributed by atoms with Crippen molar-refractivity contribution in [3.63, 3.8) is 0 Å². The van der Waals surface area contributed by atoms with E-state index < -0.39 is 40.2 Å². The van der Waals surface area contributed by atoms with Crippen LogP contribution >= 0.6 is 37.0 Å². The van der Waals surface area contributed by atoms with Crippen molar-refractivity contribution < 1.29 is 51.8 Å². The number of phosphoric acid groups is 1. The maximum Gasteiger partial charge on any atom is 0.472 e. The van der Waals surface area contributed by atoms with Gasteiger partial charge in [-0.3, -0.25) is 13.6 Å². The van der Waals surface area contributed by atoms with Gasteiger partial charge in [0.25, 0.3) is 0 Å². The minimum atomic E-state index is -4.37. The largest absolute Gasteiger partial charge is 0.472 e. The second-order valence-electron chi connectivity index (χ2n) is 7.82. The molecule has 1 aliphatic heterocycles. The number of aliphatic hydroxyl groups excluding tert-OH is 1. The average molecular weight is 571 g/mol. The van der Waals surface area contributed by atoms with Gasteiger partial charge < -0.3 is 33.6 Å². The van der Waals surface area contributed by atoms with E-state index in [1.807, 2.05) is 21.6 Å². The van der Waals surface area contributed by atoms with Crippen LogP contribution < -0.4 is 0 Å². The molecule has 11 nitrogen and oxygen atoms in total. The molecular formula is C19H40O11P2S2. The summed E-state index contributed by atoms with van der Waals surface area (Å²) in [6.45, 7) is 1.61. The number of rotatable bonds is 21. The second kappa shape index (κ2) is 18.1. The lowest BCUT2D eigenvalue weighted by Crippen LogP contribution is -2.35. The predicted octanol–water partition coefficient (Wildman–Crippen LogP) is 4.16. The highest BCUT2D eigenvalue weighted by Crippen LogP contribution is 2.47. The summed E-state index contributed by atoms with van der Waals surface area (Å²) in [5, 5.41) is 10.1. The summed E-state index contributed by atoms with van der Waals surface area (Å²) in [6.07, 6.45) is 3.01. The molecule has 1 saturated heterocycles. The third-order valence-corrected chi connectivity index (χ3v) is 9.04. The van der Waals surface area contributed by atoms with Crippen molar-refractivity contribution in [2.24, 2.45) is 0 Å². The Morgan fingerprint density at radius 2 is 1.29 bits per heavy atom. The number of hydrogen-bond acceptors (Lipinski definition) is 11. The Hall–Kier alpha value is 0.800. The van der Waals surface area contributed by atoms with Crippen LogP contribution in [0.4, 0.5) is 0 Å². The second-order valence-corrected chi connectivity index (χ2v) is 13.8. The highest BCUT2D eigenvalue weighted by atomic mass is 33.1. The molecule has 1 fully saturated rings. The Balaban J connectivity index is 1.96. The molecule has 1 aliphatic rings. The van der Waals surface area contributed by atoms with Crippen molar-refractivity contribution in [1.82, 2.24) is 0 Å². The number of unbranched alkanes of at least 4 members (excludes halogenated alkanes) is 6. The number of ether oxygens (including phenoxy) is 3. The topological polar surface area (TPSA) is 150 Å². The highest BCUT2D eigenvalue weighted by molar-refractivity contribution is 8.76. The number of methoxy groups -OCH3 is 2. The summed E-state index contributed by atoms with van der Waals surface area (Å²) in [5.41, 5.74) is 0. The SMILES string of the molecule is COC1OC(OC)C(OP(=O)(O)OCCCCCCSSCCCCCCOP(C)(=O)O)C1O. The van der Waals surface area contributed by atoms with Crippen LogP contribution in [0.2, 0.25) is 0 Å². The maximum absolute atomic E-state index is 12.2. The van der Waals surface area contributed by atoms with Crippen LogP contribution in [0.25, 0.3) is 0 Å². The van der Waals surface area contributed by atoms with Gasteiger partial charge >= 0.3 is 15.4 Å². The fourth-order valence-corrected chi connectivity index (χ4v) is 6.77. The molecule has 0 aromatic heterocycles. The zero-order valence-corrected chi connectivity index (χ0v) is 23.5. The van der Waals surface area contributed by atoms with Crippen molar-refractivity contribution in [3.05, 3.63) is 0 Å². The molecule has 6 unspecified atom stereocenters. The standard InChI is InChI=1S/C19H40O11P2S2/c1-25-18-16(20)17(19(26-2)29-18)30-32(23,24)28-13-9-5-7-11-15-34-33-14-10-6-4-8-12-27-31(3,21)22/h16-20H,4-15H2,1-3H3,(H,21,22)(H,23,24). The van der Waals surface area contributed by atoms with Crippen LogP contribution in [-0.4, -0.2) is 85.3 Å². The van der Waals surface area contributed by atoms with E-state index in [-0.39, 0.29) is 6.61 Å². The van der Waals surface area contributed by atoms with Gasteiger partial charge in [-0.1, -0.05) is 47.3 Å². The predicted molar refractivity (Wildman–Crippen MR) is 133 cm³/mol. The zero-order valence-electron chi connectivity index (χ0n) is 20.1. The van der Waals surface area contributed by atoms with Gasteiger partial charge in [0.05, 0.1) is 13.2 Å². The Kier molecular flexibility index (Phi) is 17.5. The van der Waals surface area contributed by atoms with Crippen LogP contribution in [0.3, 0.4) is 0 Å². The number of phosphoric ester groups is 1. The normalized spacial score (nSPS) is 26.4. The molecule has 0 spiro atoms. The monoisotopic (exact) mass is 570 g/mol. The molecule has 34 heavy (non-hydrogen) atoms. The summed E-state index contributed by atoms with van der Waals surface area (Å²) in [5.74, 6) is 2.12. The van der Waals surface area contributed by atoms with Crippen LogP contribution in [0.1, 0.15) is 51.4 Å². The molecular weight excluding hydrogens is 530 g/mol. The summed E-state index contributed by atoms with van der Waals surface area (Å²) >= 11 is 0. The summed E-state index contributed by atoms with van der Waals surface area (Å²) < 4.78 is 53.2.